The Hall–Kier alpha value is -1.74. The number of carbonyl (C=O) groups is 1. The van der Waals surface area contributed by atoms with Crippen molar-refractivity contribution in [3.63, 3.8) is 0 Å². The smallest absolute Gasteiger partial charge is 0.294 e. The fraction of sp³-hybridized carbons (Fsp3) is 0.500. The van der Waals surface area contributed by atoms with Crippen molar-refractivity contribution >= 4 is 17.2 Å². The Bertz CT molecular complexity index is 356. The van der Waals surface area contributed by atoms with Gasteiger partial charge in [0.1, 0.15) is 12.3 Å². The van der Waals surface area contributed by atoms with E-state index in [1.165, 1.54) is 11.3 Å². The van der Waals surface area contributed by atoms with Gasteiger partial charge in [-0.2, -0.15) is 0 Å². The number of ether oxygens (including phenoxy) is 1. The molecule has 0 spiro atoms. The number of aromatic nitrogens is 1. The lowest BCUT2D eigenvalue weighted by Crippen LogP contribution is -2.27. The second-order valence-electron chi connectivity index (χ2n) is 2.80. The average molecular weight is 261 g/mol. The molecular formula is C8H11N3O5S. The number of amides is 1. The van der Waals surface area contributed by atoms with Crippen LogP contribution in [0.2, 0.25) is 0 Å². The van der Waals surface area contributed by atoms with Gasteiger partial charge in [0.05, 0.1) is 18.7 Å². The van der Waals surface area contributed by atoms with E-state index in [0.717, 1.165) is 0 Å². The van der Waals surface area contributed by atoms with E-state index in [0.29, 0.717) is 12.2 Å². The van der Waals surface area contributed by atoms with Gasteiger partial charge in [-0.05, 0) is 0 Å². The second kappa shape index (κ2) is 7.52. The van der Waals surface area contributed by atoms with Crippen LogP contribution >= 0.6 is 11.3 Å². The first kappa shape index (κ1) is 13.3. The molecule has 0 saturated carbocycles. The fourth-order valence-corrected chi connectivity index (χ4v) is 1.46. The van der Waals surface area contributed by atoms with Crippen molar-refractivity contribution < 1.29 is 19.5 Å². The van der Waals surface area contributed by atoms with Crippen molar-refractivity contribution in [2.45, 2.75) is 0 Å². The van der Waals surface area contributed by atoms with Crippen LogP contribution < -0.4 is 5.32 Å². The van der Waals surface area contributed by atoms with E-state index in [2.05, 4.69) is 15.1 Å². The lowest BCUT2D eigenvalue weighted by molar-refractivity contribution is -0.758. The number of rotatable bonds is 8. The molecule has 1 heterocycles. The predicted octanol–water partition coefficient (Wildman–Crippen LogP) is 0.0978. The lowest BCUT2D eigenvalue weighted by atomic mass is 10.4. The van der Waals surface area contributed by atoms with Gasteiger partial charge in [-0.15, -0.1) is 21.5 Å². The molecule has 0 aliphatic heterocycles. The summed E-state index contributed by atoms with van der Waals surface area (Å²) >= 11 is 1.34. The molecule has 0 aromatic carbocycles. The van der Waals surface area contributed by atoms with Crippen molar-refractivity contribution in [1.29, 1.82) is 0 Å². The summed E-state index contributed by atoms with van der Waals surface area (Å²) in [6.07, 6.45) is 0. The summed E-state index contributed by atoms with van der Waals surface area (Å²) < 4.78 is 4.99. The standard InChI is InChI=1S/C8H11N3O5S/c12-8(7-5-17-6-10-7)9-1-2-15-3-4-16-11(13)14/h5-6H,1-4H2,(H,9,12). The highest BCUT2D eigenvalue weighted by Gasteiger charge is 2.05. The molecule has 1 aromatic heterocycles. The molecule has 0 bridgehead atoms. The topological polar surface area (TPSA) is 104 Å². The molecule has 0 aliphatic rings. The second-order valence-corrected chi connectivity index (χ2v) is 3.52. The molecule has 0 aliphatic carbocycles. The molecule has 1 rings (SSSR count). The summed E-state index contributed by atoms with van der Waals surface area (Å²) in [5.41, 5.74) is 1.94. The Morgan fingerprint density at radius 2 is 2.35 bits per heavy atom. The van der Waals surface area contributed by atoms with E-state index >= 15 is 0 Å². The van der Waals surface area contributed by atoms with E-state index in [-0.39, 0.29) is 25.7 Å². The molecule has 9 heteroatoms. The zero-order valence-electron chi connectivity index (χ0n) is 8.83. The van der Waals surface area contributed by atoms with E-state index < -0.39 is 5.09 Å². The van der Waals surface area contributed by atoms with Crippen LogP contribution in [0.1, 0.15) is 10.5 Å². The summed E-state index contributed by atoms with van der Waals surface area (Å²) in [4.78, 5) is 29.0. The maximum atomic E-state index is 11.3. The summed E-state index contributed by atoms with van der Waals surface area (Å²) in [7, 11) is 0. The Balaban J connectivity index is 1.97. The molecule has 0 saturated heterocycles. The van der Waals surface area contributed by atoms with E-state index in [1.54, 1.807) is 10.9 Å². The first-order valence-electron chi connectivity index (χ1n) is 4.71. The van der Waals surface area contributed by atoms with Gasteiger partial charge in [0.15, 0.2) is 0 Å². The first-order valence-corrected chi connectivity index (χ1v) is 5.66. The number of thiazole rings is 1. The molecule has 0 unspecified atom stereocenters. The number of nitrogens with one attached hydrogen (secondary N) is 1. The minimum absolute atomic E-state index is 0.105. The highest BCUT2D eigenvalue weighted by molar-refractivity contribution is 7.07. The summed E-state index contributed by atoms with van der Waals surface area (Å²) in [5.74, 6) is -0.267. The Morgan fingerprint density at radius 3 is 3.00 bits per heavy atom. The van der Waals surface area contributed by atoms with Crippen LogP contribution in [0, 0.1) is 10.1 Å². The maximum Gasteiger partial charge on any atom is 0.294 e. The average Bonchev–Trinajstić information content (AvgIpc) is 2.80. The number of carbonyl (C=O) groups excluding carboxylic acids is 1. The van der Waals surface area contributed by atoms with Gasteiger partial charge in [-0.1, -0.05) is 0 Å². The molecule has 94 valence electrons. The van der Waals surface area contributed by atoms with Crippen molar-refractivity contribution in [3.05, 3.63) is 26.7 Å². The minimum atomic E-state index is -0.882. The lowest BCUT2D eigenvalue weighted by Gasteiger charge is -2.04. The van der Waals surface area contributed by atoms with Gasteiger partial charge < -0.3 is 14.9 Å². The van der Waals surface area contributed by atoms with Crippen LogP contribution in [-0.4, -0.2) is 42.3 Å². The normalized spacial score (nSPS) is 9.88. The van der Waals surface area contributed by atoms with Crippen LogP contribution in [0.4, 0.5) is 0 Å². The van der Waals surface area contributed by atoms with Crippen molar-refractivity contribution in [3.8, 4) is 0 Å². The van der Waals surface area contributed by atoms with Gasteiger partial charge in [0.2, 0.25) is 0 Å². The quantitative estimate of drug-likeness (QED) is 0.404. The van der Waals surface area contributed by atoms with Gasteiger partial charge in [0, 0.05) is 11.9 Å². The molecule has 17 heavy (non-hydrogen) atoms. The molecule has 1 N–H and O–H groups in total. The summed E-state index contributed by atoms with van der Waals surface area (Å²) in [6.45, 7) is 0.562. The number of hydrogen-bond donors (Lipinski definition) is 1. The van der Waals surface area contributed by atoms with Crippen molar-refractivity contribution in [2.24, 2.45) is 0 Å². The van der Waals surface area contributed by atoms with Gasteiger partial charge in [0.25, 0.3) is 11.0 Å². The molecule has 8 nitrogen and oxygen atoms in total. The predicted molar refractivity (Wildman–Crippen MR) is 58.2 cm³/mol. The largest absolute Gasteiger partial charge is 0.378 e. The van der Waals surface area contributed by atoms with Gasteiger partial charge in [-0.3, -0.25) is 4.79 Å². The minimum Gasteiger partial charge on any atom is -0.378 e. The highest BCUT2D eigenvalue weighted by Crippen LogP contribution is 1.99. The first-order chi connectivity index (χ1) is 8.20. The van der Waals surface area contributed by atoms with Crippen LogP contribution in [0.3, 0.4) is 0 Å². The molecular weight excluding hydrogens is 250 g/mol. The maximum absolute atomic E-state index is 11.3. The monoisotopic (exact) mass is 261 g/mol. The number of nitrogens with zero attached hydrogens (tertiary/aromatic N) is 2. The fourth-order valence-electron chi connectivity index (χ4n) is 0.925. The molecule has 0 atom stereocenters. The van der Waals surface area contributed by atoms with Gasteiger partial charge >= 0.3 is 0 Å². The summed E-state index contributed by atoms with van der Waals surface area (Å²) in [5, 5.41) is 13.1. The SMILES string of the molecule is O=C(NCCOCCO[N+](=O)[O-])c1cscn1. The zero-order valence-corrected chi connectivity index (χ0v) is 9.64. The third-order valence-electron chi connectivity index (χ3n) is 1.62. The van der Waals surface area contributed by atoms with Crippen LogP contribution in [-0.2, 0) is 9.57 Å². The summed E-state index contributed by atoms with van der Waals surface area (Å²) in [6, 6.07) is 0. The van der Waals surface area contributed by atoms with Crippen molar-refractivity contribution in [1.82, 2.24) is 10.3 Å². The van der Waals surface area contributed by atoms with E-state index in [1.807, 2.05) is 0 Å². The van der Waals surface area contributed by atoms with Crippen LogP contribution in [0.15, 0.2) is 10.9 Å². The molecule has 1 amide bonds. The third-order valence-corrected chi connectivity index (χ3v) is 2.21. The van der Waals surface area contributed by atoms with E-state index in [9.17, 15) is 14.9 Å². The Morgan fingerprint density at radius 1 is 1.53 bits per heavy atom. The molecule has 0 radical (unpaired) electrons. The molecule has 1 aromatic rings. The Labute approximate surface area is 101 Å². The number of hydrogen-bond acceptors (Lipinski definition) is 7. The Kier molecular flexibility index (Phi) is 5.89. The van der Waals surface area contributed by atoms with Gasteiger partial charge in [-0.25, -0.2) is 4.98 Å². The molecule has 0 fully saturated rings. The highest BCUT2D eigenvalue weighted by atomic mass is 32.1. The zero-order chi connectivity index (χ0) is 12.5. The van der Waals surface area contributed by atoms with E-state index in [4.69, 9.17) is 4.74 Å². The third kappa shape index (κ3) is 5.78. The van der Waals surface area contributed by atoms with Crippen LogP contribution in [0.5, 0.6) is 0 Å². The van der Waals surface area contributed by atoms with Crippen molar-refractivity contribution in [2.75, 3.05) is 26.4 Å². The van der Waals surface area contributed by atoms with Crippen LogP contribution in [0.25, 0.3) is 0 Å².